The molecule has 1 saturated heterocycles. The highest BCUT2D eigenvalue weighted by molar-refractivity contribution is 7.99. The minimum Gasteiger partial charge on any atom is -0.475 e. The first-order chi connectivity index (χ1) is 14.2. The second kappa shape index (κ2) is 11.4. The summed E-state index contributed by atoms with van der Waals surface area (Å²) < 4.78 is 31.7. The number of para-hydroxylation sites is 1. The monoisotopic (exact) mass is 446 g/mol. The van der Waals surface area contributed by atoms with Crippen LogP contribution in [0.4, 0.5) is 18.9 Å². The number of unbranched alkanes of at least 4 members (excludes halogenated alkanes) is 1. The lowest BCUT2D eigenvalue weighted by molar-refractivity contribution is -0.192. The number of fused-ring (bicyclic) bond motifs is 1. The van der Waals surface area contributed by atoms with E-state index in [1.165, 1.54) is 24.6 Å². The summed E-state index contributed by atoms with van der Waals surface area (Å²) in [6.07, 6.45) is -2.34. The Kier molecular flexibility index (Phi) is 9.16. The molecule has 0 radical (unpaired) electrons. The lowest BCUT2D eigenvalue weighted by Gasteiger charge is -2.27. The van der Waals surface area contributed by atoms with E-state index in [9.17, 15) is 22.8 Å². The van der Waals surface area contributed by atoms with Gasteiger partial charge in [0.1, 0.15) is 0 Å². The number of anilines is 1. The Bertz CT molecular complexity index is 752. The molecule has 0 bridgehead atoms. The Morgan fingerprint density at radius 1 is 1.03 bits per heavy atom. The molecule has 166 valence electrons. The fourth-order valence-electron chi connectivity index (χ4n) is 3.24. The van der Waals surface area contributed by atoms with Crippen molar-refractivity contribution in [1.82, 2.24) is 4.90 Å². The number of carboxylic acid groups (broad SMARTS) is 1. The molecular formula is C20H25F3N2O4S. The zero-order chi connectivity index (χ0) is 22.1. The maximum Gasteiger partial charge on any atom is 0.490 e. The van der Waals surface area contributed by atoms with Crippen LogP contribution in [-0.4, -0.2) is 71.5 Å². The largest absolute Gasteiger partial charge is 0.490 e. The van der Waals surface area contributed by atoms with Gasteiger partial charge in [0.25, 0.3) is 0 Å². The quantitative estimate of drug-likeness (QED) is 0.698. The summed E-state index contributed by atoms with van der Waals surface area (Å²) in [4.78, 5) is 37.8. The fourth-order valence-corrected chi connectivity index (χ4v) is 4.22. The summed E-state index contributed by atoms with van der Waals surface area (Å²) in [6.45, 7) is 4.20. The van der Waals surface area contributed by atoms with E-state index in [1.807, 2.05) is 40.9 Å². The van der Waals surface area contributed by atoms with Crippen LogP contribution in [0.25, 0.3) is 0 Å². The standard InChI is InChI=1S/C18H24N2O2S.C2HF3O2/c21-17-7-8-18(22)20(16-6-2-1-5-15(16)17)10-4-3-9-19-11-13-23-14-12-19;3-2(4,5)1(6)7/h1-2,5-6H,3-4,7-14H2;(H,6,7). The van der Waals surface area contributed by atoms with Gasteiger partial charge in [-0.1, -0.05) is 12.1 Å². The number of rotatable bonds is 5. The molecule has 0 saturated carbocycles. The molecule has 1 amide bonds. The summed E-state index contributed by atoms with van der Waals surface area (Å²) in [5.41, 5.74) is 1.50. The number of nitrogens with zero attached hydrogens (tertiary/aromatic N) is 2. The van der Waals surface area contributed by atoms with E-state index >= 15 is 0 Å². The predicted molar refractivity (Wildman–Crippen MR) is 109 cm³/mol. The first-order valence-corrected chi connectivity index (χ1v) is 10.9. The maximum atomic E-state index is 12.4. The zero-order valence-electron chi connectivity index (χ0n) is 16.5. The number of alkyl halides is 3. The molecule has 0 atom stereocenters. The van der Waals surface area contributed by atoms with Crippen molar-refractivity contribution >= 4 is 35.1 Å². The van der Waals surface area contributed by atoms with Crippen LogP contribution < -0.4 is 4.90 Å². The van der Waals surface area contributed by atoms with Crippen molar-refractivity contribution in [1.29, 1.82) is 0 Å². The molecule has 0 aromatic heterocycles. The Labute approximate surface area is 177 Å². The van der Waals surface area contributed by atoms with Gasteiger partial charge in [-0.2, -0.15) is 24.9 Å². The van der Waals surface area contributed by atoms with E-state index in [2.05, 4.69) is 4.90 Å². The smallest absolute Gasteiger partial charge is 0.475 e. The molecule has 1 fully saturated rings. The number of hydrogen-bond acceptors (Lipinski definition) is 5. The molecule has 3 rings (SSSR count). The average molecular weight is 446 g/mol. The highest BCUT2D eigenvalue weighted by atomic mass is 32.2. The number of carbonyl (C=O) groups is 3. The van der Waals surface area contributed by atoms with Crippen molar-refractivity contribution in [2.75, 3.05) is 42.6 Å². The van der Waals surface area contributed by atoms with Gasteiger partial charge in [-0.3, -0.25) is 9.59 Å². The third-order valence-corrected chi connectivity index (χ3v) is 5.76. The maximum absolute atomic E-state index is 12.4. The van der Waals surface area contributed by atoms with Crippen LogP contribution in [0.15, 0.2) is 24.3 Å². The molecule has 6 nitrogen and oxygen atoms in total. The molecule has 2 aliphatic rings. The molecule has 2 heterocycles. The van der Waals surface area contributed by atoms with Crippen LogP contribution >= 0.6 is 11.8 Å². The Morgan fingerprint density at radius 2 is 1.63 bits per heavy atom. The van der Waals surface area contributed by atoms with Gasteiger partial charge in [0.05, 0.1) is 5.69 Å². The molecule has 10 heteroatoms. The van der Waals surface area contributed by atoms with E-state index in [0.29, 0.717) is 24.9 Å². The van der Waals surface area contributed by atoms with Crippen LogP contribution in [0.2, 0.25) is 0 Å². The number of Topliss-reactive ketones (excluding diaryl/α,β-unsaturated/α-hetero) is 1. The van der Waals surface area contributed by atoms with E-state index in [4.69, 9.17) is 9.90 Å². The van der Waals surface area contributed by atoms with E-state index in [0.717, 1.165) is 25.1 Å². The summed E-state index contributed by atoms with van der Waals surface area (Å²) in [7, 11) is 0. The van der Waals surface area contributed by atoms with Crippen molar-refractivity contribution in [2.45, 2.75) is 31.9 Å². The highest BCUT2D eigenvalue weighted by Gasteiger charge is 2.38. The van der Waals surface area contributed by atoms with Crippen LogP contribution in [0, 0.1) is 0 Å². The number of benzene rings is 1. The van der Waals surface area contributed by atoms with E-state index in [-0.39, 0.29) is 11.7 Å². The van der Waals surface area contributed by atoms with Gasteiger partial charge in [0.2, 0.25) is 5.91 Å². The van der Waals surface area contributed by atoms with Gasteiger partial charge < -0.3 is 14.9 Å². The normalized spacial score (nSPS) is 17.6. The van der Waals surface area contributed by atoms with Gasteiger partial charge in [0, 0.05) is 49.5 Å². The van der Waals surface area contributed by atoms with Crippen molar-refractivity contribution in [2.24, 2.45) is 0 Å². The van der Waals surface area contributed by atoms with E-state index < -0.39 is 12.1 Å². The van der Waals surface area contributed by atoms with Crippen molar-refractivity contribution in [3.05, 3.63) is 29.8 Å². The number of hydrogen-bond donors (Lipinski definition) is 1. The fraction of sp³-hybridized carbons (Fsp3) is 0.550. The molecule has 0 aliphatic carbocycles. The van der Waals surface area contributed by atoms with Gasteiger partial charge in [0.15, 0.2) is 5.78 Å². The van der Waals surface area contributed by atoms with Crippen LogP contribution in [0.3, 0.4) is 0 Å². The predicted octanol–water partition coefficient (Wildman–Crippen LogP) is 3.46. The average Bonchev–Trinajstić information content (AvgIpc) is 2.83. The lowest BCUT2D eigenvalue weighted by Crippen LogP contribution is -2.34. The third-order valence-electron chi connectivity index (χ3n) is 4.81. The van der Waals surface area contributed by atoms with Gasteiger partial charge in [-0.25, -0.2) is 4.79 Å². The molecule has 1 N–H and O–H groups in total. The number of carboxylic acids is 1. The summed E-state index contributed by atoms with van der Waals surface area (Å²) >= 11 is 2.03. The van der Waals surface area contributed by atoms with Crippen molar-refractivity contribution < 1.29 is 32.7 Å². The lowest BCUT2D eigenvalue weighted by atomic mass is 10.1. The summed E-state index contributed by atoms with van der Waals surface area (Å²) in [5, 5.41) is 7.12. The number of thioether (sulfide) groups is 1. The molecule has 30 heavy (non-hydrogen) atoms. The molecular weight excluding hydrogens is 421 g/mol. The van der Waals surface area contributed by atoms with Gasteiger partial charge in [-0.15, -0.1) is 0 Å². The second-order valence-corrected chi connectivity index (χ2v) is 8.17. The summed E-state index contributed by atoms with van der Waals surface area (Å²) in [6, 6.07) is 7.52. The Balaban J connectivity index is 0.000000396. The van der Waals surface area contributed by atoms with Crippen LogP contribution in [0.5, 0.6) is 0 Å². The van der Waals surface area contributed by atoms with Crippen LogP contribution in [0.1, 0.15) is 36.0 Å². The minimum atomic E-state index is -5.08. The zero-order valence-corrected chi connectivity index (χ0v) is 17.3. The summed E-state index contributed by atoms with van der Waals surface area (Å²) in [5.74, 6) is -0.118. The van der Waals surface area contributed by atoms with Gasteiger partial charge in [-0.05, 0) is 31.5 Å². The van der Waals surface area contributed by atoms with E-state index in [1.54, 1.807) is 0 Å². The molecule has 1 aromatic rings. The Morgan fingerprint density at radius 3 is 2.27 bits per heavy atom. The molecule has 0 unspecified atom stereocenters. The molecule has 0 spiro atoms. The van der Waals surface area contributed by atoms with Gasteiger partial charge >= 0.3 is 12.1 Å². The highest BCUT2D eigenvalue weighted by Crippen LogP contribution is 2.27. The van der Waals surface area contributed by atoms with Crippen molar-refractivity contribution in [3.8, 4) is 0 Å². The molecule has 1 aromatic carbocycles. The Hall–Kier alpha value is -2.07. The number of halogens is 3. The topological polar surface area (TPSA) is 77.9 Å². The van der Waals surface area contributed by atoms with Crippen LogP contribution in [-0.2, 0) is 9.59 Å². The second-order valence-electron chi connectivity index (χ2n) is 6.95. The first kappa shape index (κ1) is 24.2. The third kappa shape index (κ3) is 7.32. The van der Waals surface area contributed by atoms with Crippen molar-refractivity contribution in [3.63, 3.8) is 0 Å². The number of aliphatic carboxylic acids is 1. The molecule has 2 aliphatic heterocycles. The number of carbonyl (C=O) groups excluding carboxylic acids is 2. The SMILES string of the molecule is O=C(O)C(F)(F)F.O=C1CCC(=O)N(CCCCN2CCSCC2)c2ccccc21. The number of ketones is 1. The first-order valence-electron chi connectivity index (χ1n) is 9.73. The minimum absolute atomic E-state index is 0.0812. The number of amides is 1.